The average molecular weight is 291 g/mol. The van der Waals surface area contributed by atoms with Crippen molar-refractivity contribution in [2.45, 2.75) is 52.4 Å². The standard InChI is InChI=1S/C17H22FNO2/c1-3-5-10-17(11-6-4-2)15(20)12-8-7-9-13(18)14(12)19-16(17)21/h7-9H,3-6,10-11H2,1-2H3,(H,19,21). The van der Waals surface area contributed by atoms with Crippen LogP contribution in [-0.2, 0) is 4.79 Å². The van der Waals surface area contributed by atoms with Crippen molar-refractivity contribution >= 4 is 17.4 Å². The molecule has 114 valence electrons. The van der Waals surface area contributed by atoms with Gasteiger partial charge in [-0.2, -0.15) is 0 Å². The van der Waals surface area contributed by atoms with Gasteiger partial charge in [0.1, 0.15) is 11.2 Å². The molecule has 21 heavy (non-hydrogen) atoms. The Morgan fingerprint density at radius 3 is 2.29 bits per heavy atom. The van der Waals surface area contributed by atoms with Crippen molar-refractivity contribution in [3.05, 3.63) is 29.6 Å². The Hall–Kier alpha value is -1.71. The monoisotopic (exact) mass is 291 g/mol. The second-order valence-electron chi connectivity index (χ2n) is 5.73. The van der Waals surface area contributed by atoms with Crippen LogP contribution in [0.3, 0.4) is 0 Å². The zero-order chi connectivity index (χ0) is 15.5. The molecule has 4 heteroatoms. The molecule has 1 amide bonds. The smallest absolute Gasteiger partial charge is 0.238 e. The molecule has 1 aromatic carbocycles. The van der Waals surface area contributed by atoms with Crippen LogP contribution in [0.4, 0.5) is 10.1 Å². The summed E-state index contributed by atoms with van der Waals surface area (Å²) in [6.45, 7) is 4.07. The molecule has 0 aliphatic carbocycles. The van der Waals surface area contributed by atoms with Gasteiger partial charge in [0, 0.05) is 5.56 Å². The molecule has 1 aliphatic rings. The van der Waals surface area contributed by atoms with E-state index in [9.17, 15) is 14.0 Å². The number of hydrogen-bond acceptors (Lipinski definition) is 2. The first-order valence-electron chi connectivity index (χ1n) is 7.71. The molecule has 0 fully saturated rings. The van der Waals surface area contributed by atoms with Crippen molar-refractivity contribution in [3.8, 4) is 0 Å². The van der Waals surface area contributed by atoms with E-state index < -0.39 is 11.2 Å². The highest BCUT2D eigenvalue weighted by Crippen LogP contribution is 2.42. The SMILES string of the molecule is CCCCC1(CCCC)C(=O)Nc2c(F)cccc2C1=O. The molecule has 0 saturated carbocycles. The van der Waals surface area contributed by atoms with Crippen LogP contribution in [-0.4, -0.2) is 11.7 Å². The van der Waals surface area contributed by atoms with Gasteiger partial charge < -0.3 is 5.32 Å². The van der Waals surface area contributed by atoms with Crippen molar-refractivity contribution in [1.29, 1.82) is 0 Å². The third-order valence-electron chi connectivity index (χ3n) is 4.28. The first-order valence-corrected chi connectivity index (χ1v) is 7.71. The highest BCUT2D eigenvalue weighted by atomic mass is 19.1. The van der Waals surface area contributed by atoms with Gasteiger partial charge in [-0.3, -0.25) is 9.59 Å². The highest BCUT2D eigenvalue weighted by molar-refractivity contribution is 6.24. The second kappa shape index (κ2) is 6.37. The number of ketones is 1. The Morgan fingerprint density at radius 1 is 1.10 bits per heavy atom. The predicted octanol–water partition coefficient (Wildman–Crippen LogP) is 4.33. The number of unbranched alkanes of at least 4 members (excludes halogenated alkanes) is 2. The van der Waals surface area contributed by atoms with Gasteiger partial charge >= 0.3 is 0 Å². The van der Waals surface area contributed by atoms with Crippen LogP contribution in [0.1, 0.15) is 62.7 Å². The highest BCUT2D eigenvalue weighted by Gasteiger charge is 2.48. The maximum atomic E-state index is 13.8. The Bertz CT molecular complexity index is 546. The molecule has 0 radical (unpaired) electrons. The first kappa shape index (κ1) is 15.7. The van der Waals surface area contributed by atoms with Crippen LogP contribution < -0.4 is 5.32 Å². The number of Topliss-reactive ketones (excluding diaryl/α,β-unsaturated/α-hetero) is 1. The summed E-state index contributed by atoms with van der Waals surface area (Å²) in [5.41, 5.74) is -0.676. The third kappa shape index (κ3) is 2.71. The Kier molecular flexibility index (Phi) is 4.76. The van der Waals surface area contributed by atoms with Gasteiger partial charge in [0.25, 0.3) is 0 Å². The molecule has 0 spiro atoms. The van der Waals surface area contributed by atoms with Crippen molar-refractivity contribution < 1.29 is 14.0 Å². The third-order valence-corrected chi connectivity index (χ3v) is 4.28. The lowest BCUT2D eigenvalue weighted by atomic mass is 9.70. The van der Waals surface area contributed by atoms with E-state index in [2.05, 4.69) is 5.32 Å². The zero-order valence-corrected chi connectivity index (χ0v) is 12.7. The molecule has 1 aromatic rings. The number of amides is 1. The minimum absolute atomic E-state index is 0.0381. The van der Waals surface area contributed by atoms with Gasteiger partial charge in [-0.05, 0) is 25.0 Å². The molecule has 1 N–H and O–H groups in total. The predicted molar refractivity (Wildman–Crippen MR) is 80.8 cm³/mol. The number of benzene rings is 1. The molecule has 1 heterocycles. The quantitative estimate of drug-likeness (QED) is 0.793. The Morgan fingerprint density at radius 2 is 1.71 bits per heavy atom. The minimum atomic E-state index is -1.02. The summed E-state index contributed by atoms with van der Waals surface area (Å²) in [5, 5.41) is 2.63. The lowest BCUT2D eigenvalue weighted by Crippen LogP contribution is -2.47. The first-order chi connectivity index (χ1) is 10.1. The van der Waals surface area contributed by atoms with Crippen molar-refractivity contribution in [2.75, 3.05) is 5.32 Å². The molecule has 0 unspecified atom stereocenters. The summed E-state index contributed by atoms with van der Waals surface area (Å²) in [5.74, 6) is -1.11. The molecule has 3 nitrogen and oxygen atoms in total. The number of carbonyl (C=O) groups excluding carboxylic acids is 2. The average Bonchev–Trinajstić information content (AvgIpc) is 2.48. The van der Waals surface area contributed by atoms with Gasteiger partial charge in [0.2, 0.25) is 5.91 Å². The summed E-state index contributed by atoms with van der Waals surface area (Å²) < 4.78 is 13.8. The molecule has 0 atom stereocenters. The number of fused-ring (bicyclic) bond motifs is 1. The molecule has 0 aromatic heterocycles. The Balaban J connectivity index is 2.45. The fraction of sp³-hybridized carbons (Fsp3) is 0.529. The number of nitrogens with one attached hydrogen (secondary N) is 1. The fourth-order valence-electron chi connectivity index (χ4n) is 2.97. The van der Waals surface area contributed by atoms with E-state index in [4.69, 9.17) is 0 Å². The molecule has 0 saturated heterocycles. The van der Waals surface area contributed by atoms with Gasteiger partial charge in [0.15, 0.2) is 5.78 Å². The van der Waals surface area contributed by atoms with Crippen molar-refractivity contribution in [2.24, 2.45) is 5.41 Å². The van der Waals surface area contributed by atoms with Crippen LogP contribution in [0.2, 0.25) is 0 Å². The molecular weight excluding hydrogens is 269 g/mol. The number of anilines is 1. The largest absolute Gasteiger partial charge is 0.322 e. The fourth-order valence-corrected chi connectivity index (χ4v) is 2.97. The van der Waals surface area contributed by atoms with Gasteiger partial charge in [-0.15, -0.1) is 0 Å². The van der Waals surface area contributed by atoms with E-state index in [1.54, 1.807) is 6.07 Å². The van der Waals surface area contributed by atoms with E-state index in [0.29, 0.717) is 18.4 Å². The zero-order valence-electron chi connectivity index (χ0n) is 12.7. The summed E-state index contributed by atoms with van der Waals surface area (Å²) in [6.07, 6.45) is 4.53. The topological polar surface area (TPSA) is 46.2 Å². The van der Waals surface area contributed by atoms with Crippen LogP contribution in [0.15, 0.2) is 18.2 Å². The molecular formula is C17H22FNO2. The van der Waals surface area contributed by atoms with E-state index in [-0.39, 0.29) is 17.4 Å². The lowest BCUT2D eigenvalue weighted by Gasteiger charge is -2.35. The molecule has 0 bridgehead atoms. The maximum absolute atomic E-state index is 13.8. The lowest BCUT2D eigenvalue weighted by molar-refractivity contribution is -0.124. The summed E-state index contributed by atoms with van der Waals surface area (Å²) >= 11 is 0. The van der Waals surface area contributed by atoms with E-state index in [0.717, 1.165) is 25.7 Å². The van der Waals surface area contributed by atoms with Crippen molar-refractivity contribution in [3.63, 3.8) is 0 Å². The van der Waals surface area contributed by atoms with Crippen molar-refractivity contribution in [1.82, 2.24) is 0 Å². The second-order valence-corrected chi connectivity index (χ2v) is 5.73. The number of para-hydroxylation sites is 1. The maximum Gasteiger partial charge on any atom is 0.238 e. The van der Waals surface area contributed by atoms with Gasteiger partial charge in [-0.1, -0.05) is 45.6 Å². The van der Waals surface area contributed by atoms with Crippen LogP contribution in [0, 0.1) is 11.2 Å². The number of carbonyl (C=O) groups is 2. The number of rotatable bonds is 6. The molecule has 1 aliphatic heterocycles. The van der Waals surface area contributed by atoms with Gasteiger partial charge in [0.05, 0.1) is 5.69 Å². The minimum Gasteiger partial charge on any atom is -0.322 e. The van der Waals surface area contributed by atoms with E-state index in [1.807, 2.05) is 13.8 Å². The Labute approximate surface area is 124 Å². The summed E-state index contributed by atoms with van der Waals surface area (Å²) in [4.78, 5) is 25.4. The summed E-state index contributed by atoms with van der Waals surface area (Å²) in [6, 6.07) is 4.39. The summed E-state index contributed by atoms with van der Waals surface area (Å²) in [7, 11) is 0. The number of halogens is 1. The number of hydrogen-bond donors (Lipinski definition) is 1. The van der Waals surface area contributed by atoms with Gasteiger partial charge in [-0.25, -0.2) is 4.39 Å². The van der Waals surface area contributed by atoms with Crippen LogP contribution in [0.25, 0.3) is 0 Å². The van der Waals surface area contributed by atoms with E-state index >= 15 is 0 Å². The molecule has 2 rings (SSSR count). The van der Waals surface area contributed by atoms with Crippen LogP contribution >= 0.6 is 0 Å². The van der Waals surface area contributed by atoms with E-state index in [1.165, 1.54) is 12.1 Å². The normalized spacial score (nSPS) is 16.5. The van der Waals surface area contributed by atoms with Crippen LogP contribution in [0.5, 0.6) is 0 Å².